The third-order valence-electron chi connectivity index (χ3n) is 7.00. The second-order valence-corrected chi connectivity index (χ2v) is 11.5. The van der Waals surface area contributed by atoms with Crippen molar-refractivity contribution in [2.24, 2.45) is 5.73 Å². The Morgan fingerprint density at radius 1 is 0.973 bits per heavy atom. The lowest BCUT2D eigenvalue weighted by atomic mass is 9.98. The molecule has 1 aliphatic heterocycles. The number of benzene rings is 3. The third-order valence-corrected chi connectivity index (χ3v) is 9.53. The first kappa shape index (κ1) is 25.0. The topological polar surface area (TPSA) is 109 Å². The fourth-order valence-electron chi connectivity index (χ4n) is 4.85. The lowest BCUT2D eigenvalue weighted by Crippen LogP contribution is -2.53. The summed E-state index contributed by atoms with van der Waals surface area (Å²) in [7, 11) is -3.95. The first-order valence-corrected chi connectivity index (χ1v) is 13.8. The van der Waals surface area contributed by atoms with E-state index >= 15 is 0 Å². The molecule has 0 spiro atoms. The van der Waals surface area contributed by atoms with Crippen LogP contribution in [0.1, 0.15) is 24.8 Å². The Hall–Kier alpha value is -3.62. The predicted molar refractivity (Wildman–Crippen MR) is 141 cm³/mol. The minimum absolute atomic E-state index is 0.0565. The van der Waals surface area contributed by atoms with Gasteiger partial charge in [0.25, 0.3) is 0 Å². The smallest absolute Gasteiger partial charge is 0.239 e. The summed E-state index contributed by atoms with van der Waals surface area (Å²) in [5.41, 5.74) is 9.79. The number of para-hydroxylation sites is 1. The molecular weight excluding hydrogens is 490 g/mol. The zero-order valence-electron chi connectivity index (χ0n) is 20.4. The van der Waals surface area contributed by atoms with Crippen LogP contribution in [-0.4, -0.2) is 38.9 Å². The lowest BCUT2D eigenvalue weighted by molar-refractivity contribution is -0.122. The van der Waals surface area contributed by atoms with Crippen molar-refractivity contribution in [1.29, 1.82) is 0 Å². The number of amides is 1. The Bertz CT molecular complexity index is 1500. The number of rotatable bonds is 9. The van der Waals surface area contributed by atoms with E-state index in [0.29, 0.717) is 12.4 Å². The minimum atomic E-state index is -3.95. The van der Waals surface area contributed by atoms with Crippen molar-refractivity contribution in [3.8, 4) is 16.9 Å². The lowest BCUT2D eigenvalue weighted by Gasteiger charge is -2.33. The van der Waals surface area contributed by atoms with Crippen LogP contribution in [0.4, 0.5) is 0 Å². The van der Waals surface area contributed by atoms with Crippen molar-refractivity contribution in [2.45, 2.75) is 35.3 Å². The average Bonchev–Trinajstić information content (AvgIpc) is 3.36. The molecular formula is C29H29NO6S. The van der Waals surface area contributed by atoms with Gasteiger partial charge in [-0.2, -0.15) is 0 Å². The molecule has 2 heterocycles. The van der Waals surface area contributed by atoms with Gasteiger partial charge in [0, 0.05) is 24.2 Å². The maximum absolute atomic E-state index is 13.3. The molecule has 0 atom stereocenters. The number of hydrogen-bond acceptors (Lipinski definition) is 6. The fraction of sp³-hybridized carbons (Fsp3) is 0.276. The van der Waals surface area contributed by atoms with Crippen LogP contribution in [0.15, 0.2) is 88.4 Å². The van der Waals surface area contributed by atoms with Gasteiger partial charge in [0.1, 0.15) is 11.3 Å². The summed E-state index contributed by atoms with van der Waals surface area (Å²) in [6, 6.07) is 22.6. The maximum Gasteiger partial charge on any atom is 0.239 e. The summed E-state index contributed by atoms with van der Waals surface area (Å²) in [6.07, 6.45) is 3.53. The van der Waals surface area contributed by atoms with Crippen molar-refractivity contribution >= 4 is 26.7 Å². The molecule has 0 saturated carbocycles. The van der Waals surface area contributed by atoms with E-state index < -0.39 is 20.5 Å². The van der Waals surface area contributed by atoms with Gasteiger partial charge in [-0.1, -0.05) is 42.5 Å². The molecule has 5 rings (SSSR count). The van der Waals surface area contributed by atoms with Gasteiger partial charge in [0.15, 0.2) is 14.6 Å². The number of sulfone groups is 1. The normalized spacial score (nSPS) is 15.5. The summed E-state index contributed by atoms with van der Waals surface area (Å²) in [5.74, 6) is -0.265. The van der Waals surface area contributed by atoms with Gasteiger partial charge in [0.2, 0.25) is 5.91 Å². The Labute approximate surface area is 216 Å². The van der Waals surface area contributed by atoms with Crippen LogP contribution in [0.3, 0.4) is 0 Å². The molecule has 1 aromatic heterocycles. The van der Waals surface area contributed by atoms with Crippen LogP contribution < -0.4 is 10.5 Å². The number of carbonyl (C=O) groups is 1. The molecule has 4 aromatic rings. The average molecular weight is 520 g/mol. The number of primary amides is 1. The summed E-state index contributed by atoms with van der Waals surface area (Å²) < 4.78 is 41.7. The van der Waals surface area contributed by atoms with E-state index in [1.165, 1.54) is 17.7 Å². The van der Waals surface area contributed by atoms with E-state index in [1.54, 1.807) is 18.4 Å². The molecule has 8 heteroatoms. The fourth-order valence-corrected chi connectivity index (χ4v) is 6.77. The first-order valence-electron chi connectivity index (χ1n) is 12.3. The van der Waals surface area contributed by atoms with Gasteiger partial charge < -0.3 is 19.6 Å². The van der Waals surface area contributed by atoms with E-state index in [9.17, 15) is 13.2 Å². The van der Waals surface area contributed by atoms with Crippen molar-refractivity contribution in [2.75, 3.05) is 19.8 Å². The van der Waals surface area contributed by atoms with Crippen LogP contribution in [0.5, 0.6) is 5.75 Å². The van der Waals surface area contributed by atoms with Crippen LogP contribution in [0.25, 0.3) is 22.1 Å². The predicted octanol–water partition coefficient (Wildman–Crippen LogP) is 4.92. The van der Waals surface area contributed by atoms with Crippen molar-refractivity contribution in [3.63, 3.8) is 0 Å². The maximum atomic E-state index is 13.3. The molecule has 1 amide bonds. The Morgan fingerprint density at radius 3 is 2.49 bits per heavy atom. The van der Waals surface area contributed by atoms with Gasteiger partial charge in [0.05, 0.1) is 17.8 Å². The zero-order valence-corrected chi connectivity index (χ0v) is 21.2. The number of ether oxygens (including phenoxy) is 2. The highest BCUT2D eigenvalue weighted by Gasteiger charge is 2.51. The standard InChI is InChI=1S/C29H29NO6S/c30-28(31)29(14-17-34-18-15-29)37(32,33)24-12-10-23(11-13-24)35-16-4-6-21-5-3-7-22(19-21)26-20-36-27-9-2-1-8-25(26)27/h1-3,5,7-13,19-20H,4,6,14-18H2,(H2,30,31). The molecule has 1 saturated heterocycles. The summed E-state index contributed by atoms with van der Waals surface area (Å²) in [4.78, 5) is 12.2. The highest BCUT2D eigenvalue weighted by molar-refractivity contribution is 7.93. The number of furan rings is 1. The van der Waals surface area contributed by atoms with Gasteiger partial charge in [-0.05, 0) is 67.1 Å². The van der Waals surface area contributed by atoms with Crippen LogP contribution in [-0.2, 0) is 25.8 Å². The molecule has 37 heavy (non-hydrogen) atoms. The van der Waals surface area contributed by atoms with Crippen molar-refractivity contribution < 1.29 is 27.1 Å². The van der Waals surface area contributed by atoms with Crippen molar-refractivity contribution in [3.05, 3.63) is 84.6 Å². The van der Waals surface area contributed by atoms with Gasteiger partial charge in [-0.25, -0.2) is 8.42 Å². The second kappa shape index (κ2) is 10.4. The van der Waals surface area contributed by atoms with Gasteiger partial charge >= 0.3 is 0 Å². The highest BCUT2D eigenvalue weighted by Crippen LogP contribution is 2.35. The molecule has 0 bridgehead atoms. The Morgan fingerprint density at radius 2 is 1.73 bits per heavy atom. The molecule has 0 unspecified atom stereocenters. The van der Waals surface area contributed by atoms with Gasteiger partial charge in [-0.3, -0.25) is 4.79 Å². The molecule has 1 fully saturated rings. The zero-order chi connectivity index (χ0) is 25.9. The van der Waals surface area contributed by atoms with Crippen LogP contribution in [0.2, 0.25) is 0 Å². The molecule has 1 aliphatic rings. The SMILES string of the molecule is NC(=O)C1(S(=O)(=O)c2ccc(OCCCc3cccc(-c4coc5ccccc45)c3)cc2)CCOCC1. The second-order valence-electron chi connectivity index (χ2n) is 9.24. The molecule has 0 radical (unpaired) electrons. The molecule has 0 aliphatic carbocycles. The number of aryl methyl sites for hydroxylation is 1. The molecule has 3 aromatic carbocycles. The number of nitrogens with two attached hydrogens (primary N) is 1. The highest BCUT2D eigenvalue weighted by atomic mass is 32.2. The van der Waals surface area contributed by atoms with E-state index in [2.05, 4.69) is 24.3 Å². The minimum Gasteiger partial charge on any atom is -0.494 e. The number of fused-ring (bicyclic) bond motifs is 1. The molecule has 2 N–H and O–H groups in total. The Kier molecular flexibility index (Phi) is 7.04. The number of carbonyl (C=O) groups excluding carboxylic acids is 1. The quantitative estimate of drug-likeness (QED) is 0.315. The van der Waals surface area contributed by atoms with E-state index in [-0.39, 0.29) is 31.0 Å². The first-order chi connectivity index (χ1) is 17.9. The van der Waals surface area contributed by atoms with E-state index in [0.717, 1.165) is 34.9 Å². The third kappa shape index (κ3) is 4.86. The van der Waals surface area contributed by atoms with Crippen LogP contribution in [0, 0.1) is 0 Å². The monoisotopic (exact) mass is 519 g/mol. The number of hydrogen-bond donors (Lipinski definition) is 1. The van der Waals surface area contributed by atoms with Gasteiger partial charge in [-0.15, -0.1) is 0 Å². The summed E-state index contributed by atoms with van der Waals surface area (Å²) in [6.45, 7) is 0.851. The Balaban J connectivity index is 1.19. The molecule has 7 nitrogen and oxygen atoms in total. The van der Waals surface area contributed by atoms with E-state index in [4.69, 9.17) is 19.6 Å². The molecule has 192 valence electrons. The summed E-state index contributed by atoms with van der Waals surface area (Å²) in [5, 5.41) is 1.09. The van der Waals surface area contributed by atoms with Crippen LogP contribution >= 0.6 is 0 Å². The van der Waals surface area contributed by atoms with E-state index in [1.807, 2.05) is 24.3 Å². The van der Waals surface area contributed by atoms with Crippen molar-refractivity contribution in [1.82, 2.24) is 0 Å². The largest absolute Gasteiger partial charge is 0.494 e. The summed E-state index contributed by atoms with van der Waals surface area (Å²) >= 11 is 0.